The first-order valence-electron chi connectivity index (χ1n) is 8.24. The van der Waals surface area contributed by atoms with Crippen LogP contribution in [0.5, 0.6) is 0 Å². The molecular weight excluding hydrogens is 302 g/mol. The van der Waals surface area contributed by atoms with Crippen LogP contribution < -0.4 is 5.32 Å². The third kappa shape index (κ3) is 3.79. The van der Waals surface area contributed by atoms with Crippen molar-refractivity contribution in [3.8, 4) is 0 Å². The van der Waals surface area contributed by atoms with E-state index < -0.39 is 0 Å². The maximum absolute atomic E-state index is 12.5. The third-order valence-corrected chi connectivity index (χ3v) is 4.38. The molecule has 1 N–H and O–H groups in total. The van der Waals surface area contributed by atoms with E-state index in [1.54, 1.807) is 42.6 Å². The number of carbonyl (C=O) groups is 2. The van der Waals surface area contributed by atoms with Crippen LogP contribution in [0.2, 0.25) is 0 Å². The number of nitrogens with zero attached hydrogens (tertiary/aromatic N) is 2. The Labute approximate surface area is 141 Å². The zero-order chi connectivity index (χ0) is 16.9. The van der Waals surface area contributed by atoms with E-state index in [0.717, 1.165) is 25.9 Å². The number of anilines is 1. The summed E-state index contributed by atoms with van der Waals surface area (Å²) in [4.78, 5) is 30.4. The highest BCUT2D eigenvalue weighted by atomic mass is 16.2. The molecule has 124 valence electrons. The summed E-state index contributed by atoms with van der Waals surface area (Å²) in [5.41, 5.74) is 1.82. The monoisotopic (exact) mass is 323 g/mol. The molecule has 0 atom stereocenters. The van der Waals surface area contributed by atoms with Gasteiger partial charge in [-0.15, -0.1) is 0 Å². The molecule has 3 rings (SSSR count). The van der Waals surface area contributed by atoms with Crippen molar-refractivity contribution in [1.29, 1.82) is 0 Å². The third-order valence-electron chi connectivity index (χ3n) is 4.38. The molecule has 1 aliphatic rings. The van der Waals surface area contributed by atoms with Gasteiger partial charge in [-0.1, -0.05) is 6.92 Å². The van der Waals surface area contributed by atoms with E-state index in [4.69, 9.17) is 0 Å². The molecule has 2 aromatic rings. The zero-order valence-corrected chi connectivity index (χ0v) is 13.7. The SMILES string of the molecule is CC1CCN(C(=O)c2ccc(NC(=O)c3cccnc3)cc2)CC1. The van der Waals surface area contributed by atoms with Crippen molar-refractivity contribution >= 4 is 17.5 Å². The molecule has 0 saturated carbocycles. The maximum atomic E-state index is 12.5. The molecule has 5 heteroatoms. The topological polar surface area (TPSA) is 62.3 Å². The van der Waals surface area contributed by atoms with Crippen molar-refractivity contribution in [2.45, 2.75) is 19.8 Å². The summed E-state index contributed by atoms with van der Waals surface area (Å²) in [5.74, 6) is 0.540. The van der Waals surface area contributed by atoms with E-state index in [1.807, 2.05) is 4.90 Å². The highest BCUT2D eigenvalue weighted by Crippen LogP contribution is 2.19. The van der Waals surface area contributed by atoms with Gasteiger partial charge in [-0.25, -0.2) is 0 Å². The first-order valence-corrected chi connectivity index (χ1v) is 8.24. The fourth-order valence-corrected chi connectivity index (χ4v) is 2.79. The van der Waals surface area contributed by atoms with Crippen LogP contribution in [0, 0.1) is 5.92 Å². The summed E-state index contributed by atoms with van der Waals surface area (Å²) >= 11 is 0. The number of pyridine rings is 1. The molecule has 2 heterocycles. The number of amides is 2. The predicted molar refractivity (Wildman–Crippen MR) is 92.9 cm³/mol. The van der Waals surface area contributed by atoms with Crippen molar-refractivity contribution in [2.75, 3.05) is 18.4 Å². The van der Waals surface area contributed by atoms with E-state index in [2.05, 4.69) is 17.2 Å². The number of rotatable bonds is 3. The van der Waals surface area contributed by atoms with Crippen LogP contribution in [-0.2, 0) is 0 Å². The van der Waals surface area contributed by atoms with Crippen LogP contribution >= 0.6 is 0 Å². The Hall–Kier alpha value is -2.69. The summed E-state index contributed by atoms with van der Waals surface area (Å²) in [6.07, 6.45) is 5.26. The number of nitrogens with one attached hydrogen (secondary N) is 1. The number of hydrogen-bond acceptors (Lipinski definition) is 3. The molecule has 0 bridgehead atoms. The van der Waals surface area contributed by atoms with E-state index in [-0.39, 0.29) is 11.8 Å². The van der Waals surface area contributed by atoms with Gasteiger partial charge in [0, 0.05) is 36.7 Å². The molecule has 5 nitrogen and oxygen atoms in total. The molecule has 0 aliphatic carbocycles. The van der Waals surface area contributed by atoms with Crippen LogP contribution in [0.15, 0.2) is 48.8 Å². The average Bonchev–Trinajstić information content (AvgIpc) is 2.63. The molecule has 0 spiro atoms. The van der Waals surface area contributed by atoms with Gasteiger partial charge >= 0.3 is 0 Å². The molecule has 1 aromatic carbocycles. The molecule has 0 unspecified atom stereocenters. The lowest BCUT2D eigenvalue weighted by molar-refractivity contribution is 0.0697. The van der Waals surface area contributed by atoms with Gasteiger partial charge < -0.3 is 10.2 Å². The van der Waals surface area contributed by atoms with E-state index in [1.165, 1.54) is 6.20 Å². The lowest BCUT2D eigenvalue weighted by atomic mass is 9.98. The fraction of sp³-hybridized carbons (Fsp3) is 0.316. The summed E-state index contributed by atoms with van der Waals surface area (Å²) in [7, 11) is 0. The molecule has 24 heavy (non-hydrogen) atoms. The number of likely N-dealkylation sites (tertiary alicyclic amines) is 1. The quantitative estimate of drug-likeness (QED) is 0.943. The van der Waals surface area contributed by atoms with Gasteiger partial charge in [-0.2, -0.15) is 0 Å². The van der Waals surface area contributed by atoms with E-state index >= 15 is 0 Å². The zero-order valence-electron chi connectivity index (χ0n) is 13.7. The van der Waals surface area contributed by atoms with Gasteiger partial charge in [0.25, 0.3) is 11.8 Å². The minimum atomic E-state index is -0.216. The molecule has 2 amide bonds. The number of benzene rings is 1. The van der Waals surface area contributed by atoms with Gasteiger partial charge in [0.2, 0.25) is 0 Å². The van der Waals surface area contributed by atoms with Gasteiger partial charge in [-0.05, 0) is 55.2 Å². The Bertz CT molecular complexity index is 705. The van der Waals surface area contributed by atoms with Crippen molar-refractivity contribution in [1.82, 2.24) is 9.88 Å². The van der Waals surface area contributed by atoms with Gasteiger partial charge in [0.15, 0.2) is 0 Å². The van der Waals surface area contributed by atoms with Crippen LogP contribution in [-0.4, -0.2) is 34.8 Å². The van der Waals surface area contributed by atoms with Gasteiger partial charge in [-0.3, -0.25) is 14.6 Å². The number of hydrogen-bond donors (Lipinski definition) is 1. The second-order valence-corrected chi connectivity index (χ2v) is 6.25. The van der Waals surface area contributed by atoms with Crippen LogP contribution in [0.1, 0.15) is 40.5 Å². The normalized spacial score (nSPS) is 15.1. The Morgan fingerprint density at radius 1 is 1.08 bits per heavy atom. The fourth-order valence-electron chi connectivity index (χ4n) is 2.79. The van der Waals surface area contributed by atoms with Crippen molar-refractivity contribution in [3.63, 3.8) is 0 Å². The van der Waals surface area contributed by atoms with Crippen molar-refractivity contribution in [2.24, 2.45) is 5.92 Å². The highest BCUT2D eigenvalue weighted by molar-refractivity contribution is 6.04. The average molecular weight is 323 g/mol. The minimum Gasteiger partial charge on any atom is -0.339 e. The Morgan fingerprint density at radius 2 is 1.79 bits per heavy atom. The van der Waals surface area contributed by atoms with Crippen LogP contribution in [0.4, 0.5) is 5.69 Å². The van der Waals surface area contributed by atoms with Gasteiger partial charge in [0.05, 0.1) is 5.56 Å². The van der Waals surface area contributed by atoms with E-state index in [0.29, 0.717) is 22.7 Å². The standard InChI is InChI=1S/C19H21N3O2/c1-14-8-11-22(12-9-14)19(24)15-4-6-17(7-5-15)21-18(23)16-3-2-10-20-13-16/h2-7,10,13-14H,8-9,11-12H2,1H3,(H,21,23). The van der Waals surface area contributed by atoms with Crippen LogP contribution in [0.3, 0.4) is 0 Å². The summed E-state index contributed by atoms with van der Waals surface area (Å²) in [6.45, 7) is 3.86. The number of carbonyl (C=O) groups excluding carboxylic acids is 2. The molecule has 1 fully saturated rings. The summed E-state index contributed by atoms with van der Waals surface area (Å²) in [5, 5.41) is 2.81. The van der Waals surface area contributed by atoms with Gasteiger partial charge in [0.1, 0.15) is 0 Å². The second-order valence-electron chi connectivity index (χ2n) is 6.25. The Kier molecular flexibility index (Phi) is 4.89. The predicted octanol–water partition coefficient (Wildman–Crippen LogP) is 3.21. The molecule has 1 aromatic heterocycles. The first-order chi connectivity index (χ1) is 11.6. The lowest BCUT2D eigenvalue weighted by Crippen LogP contribution is -2.37. The molecule has 1 aliphatic heterocycles. The van der Waals surface area contributed by atoms with Crippen LogP contribution in [0.25, 0.3) is 0 Å². The summed E-state index contributed by atoms with van der Waals surface area (Å²) < 4.78 is 0. The largest absolute Gasteiger partial charge is 0.339 e. The lowest BCUT2D eigenvalue weighted by Gasteiger charge is -2.30. The Morgan fingerprint density at radius 3 is 2.42 bits per heavy atom. The van der Waals surface area contributed by atoms with Crippen molar-refractivity contribution < 1.29 is 9.59 Å². The maximum Gasteiger partial charge on any atom is 0.257 e. The number of piperidine rings is 1. The first kappa shape index (κ1) is 16.2. The molecule has 0 radical (unpaired) electrons. The molecular formula is C19H21N3O2. The second kappa shape index (κ2) is 7.25. The highest BCUT2D eigenvalue weighted by Gasteiger charge is 2.21. The Balaban J connectivity index is 1.63. The molecule has 1 saturated heterocycles. The summed E-state index contributed by atoms with van der Waals surface area (Å²) in [6, 6.07) is 10.5. The van der Waals surface area contributed by atoms with E-state index in [9.17, 15) is 9.59 Å². The minimum absolute atomic E-state index is 0.0621. The van der Waals surface area contributed by atoms with Crippen molar-refractivity contribution in [3.05, 3.63) is 59.9 Å². The number of aromatic nitrogens is 1. The smallest absolute Gasteiger partial charge is 0.257 e.